The van der Waals surface area contributed by atoms with E-state index in [1.807, 2.05) is 24.3 Å². The molecule has 2 amide bonds. The summed E-state index contributed by atoms with van der Waals surface area (Å²) in [7, 11) is 1.54. The minimum atomic E-state index is -0.344. The third-order valence-electron chi connectivity index (χ3n) is 4.25. The second kappa shape index (κ2) is 7.11. The van der Waals surface area contributed by atoms with Gasteiger partial charge in [0.25, 0.3) is 0 Å². The number of nitrogens with zero attached hydrogens (tertiary/aromatic N) is 1. The first-order valence-corrected chi connectivity index (χ1v) is 8.11. The van der Waals surface area contributed by atoms with Crippen molar-refractivity contribution in [2.24, 2.45) is 0 Å². The molecule has 6 heteroatoms. The number of hydrogen-bond acceptors (Lipinski definition) is 3. The molecule has 1 aliphatic heterocycles. The summed E-state index contributed by atoms with van der Waals surface area (Å²) in [5, 5.41) is 13.0. The molecule has 0 saturated carbocycles. The highest BCUT2D eigenvalue weighted by Gasteiger charge is 2.30. The van der Waals surface area contributed by atoms with E-state index in [4.69, 9.17) is 16.3 Å². The molecule has 1 unspecified atom stereocenters. The Hall–Kier alpha value is -2.24. The van der Waals surface area contributed by atoms with Gasteiger partial charge in [-0.3, -0.25) is 0 Å². The number of hydrogen-bond donors (Lipinski definition) is 2. The molecule has 1 atom stereocenters. The lowest BCUT2D eigenvalue weighted by molar-refractivity contribution is 0.135. The Labute approximate surface area is 145 Å². The maximum absolute atomic E-state index is 12.6. The van der Waals surface area contributed by atoms with Gasteiger partial charge in [-0.15, -0.1) is 0 Å². The van der Waals surface area contributed by atoms with Gasteiger partial charge in [0.05, 0.1) is 24.8 Å². The van der Waals surface area contributed by atoms with E-state index in [0.717, 1.165) is 12.0 Å². The first kappa shape index (κ1) is 16.6. The highest BCUT2D eigenvalue weighted by atomic mass is 35.5. The second-order valence-electron chi connectivity index (χ2n) is 5.62. The van der Waals surface area contributed by atoms with Gasteiger partial charge in [-0.25, -0.2) is 4.79 Å². The predicted molar refractivity (Wildman–Crippen MR) is 93.7 cm³/mol. The van der Waals surface area contributed by atoms with Gasteiger partial charge in [-0.05, 0) is 35.7 Å². The summed E-state index contributed by atoms with van der Waals surface area (Å²) < 4.78 is 5.11. The average molecular weight is 347 g/mol. The van der Waals surface area contributed by atoms with Gasteiger partial charge in [0.1, 0.15) is 5.75 Å². The van der Waals surface area contributed by atoms with E-state index in [9.17, 15) is 9.90 Å². The van der Waals surface area contributed by atoms with Gasteiger partial charge >= 0.3 is 6.03 Å². The number of anilines is 1. The van der Waals surface area contributed by atoms with E-state index in [0.29, 0.717) is 23.0 Å². The lowest BCUT2D eigenvalue weighted by Crippen LogP contribution is -2.43. The fourth-order valence-electron chi connectivity index (χ4n) is 3.03. The molecule has 3 rings (SSSR count). The van der Waals surface area contributed by atoms with Crippen LogP contribution in [0.15, 0.2) is 42.5 Å². The normalized spacial score (nSPS) is 16.5. The van der Waals surface area contributed by atoms with Crippen molar-refractivity contribution >= 4 is 23.3 Å². The van der Waals surface area contributed by atoms with Crippen molar-refractivity contribution < 1.29 is 14.6 Å². The maximum atomic E-state index is 12.6. The van der Waals surface area contributed by atoms with Crippen molar-refractivity contribution in [3.63, 3.8) is 0 Å². The molecule has 2 aromatic carbocycles. The molecule has 2 aromatic rings. The lowest BCUT2D eigenvalue weighted by Gasteiger charge is -2.36. The minimum Gasteiger partial charge on any atom is -0.495 e. The van der Waals surface area contributed by atoms with E-state index < -0.39 is 0 Å². The van der Waals surface area contributed by atoms with Crippen LogP contribution in [-0.2, 0) is 6.42 Å². The first-order valence-electron chi connectivity index (χ1n) is 7.74. The van der Waals surface area contributed by atoms with E-state index in [-0.39, 0.29) is 18.7 Å². The monoisotopic (exact) mass is 346 g/mol. The average Bonchev–Trinajstić information content (AvgIpc) is 2.60. The molecule has 2 N–H and O–H groups in total. The molecule has 24 heavy (non-hydrogen) atoms. The number of aliphatic hydroxyl groups excluding tert-OH is 1. The SMILES string of the molecule is COc1ccc(NC(=O)N2CCc3ccccc3C2CO)cc1Cl. The van der Waals surface area contributed by atoms with Crippen LogP contribution in [-0.4, -0.2) is 36.3 Å². The number of carbonyl (C=O) groups is 1. The molecule has 0 aromatic heterocycles. The molecule has 0 radical (unpaired) electrons. The molecular weight excluding hydrogens is 328 g/mol. The first-order chi connectivity index (χ1) is 11.6. The number of carbonyl (C=O) groups excluding carboxylic acids is 1. The van der Waals surface area contributed by atoms with Crippen molar-refractivity contribution in [3.05, 3.63) is 58.6 Å². The van der Waals surface area contributed by atoms with Crippen LogP contribution in [0.1, 0.15) is 17.2 Å². The molecular formula is C18H19ClN2O3. The molecule has 126 valence electrons. The van der Waals surface area contributed by atoms with Crippen molar-refractivity contribution in [2.45, 2.75) is 12.5 Å². The van der Waals surface area contributed by atoms with Crippen molar-refractivity contribution in [1.29, 1.82) is 0 Å². The zero-order valence-electron chi connectivity index (χ0n) is 13.3. The zero-order valence-corrected chi connectivity index (χ0v) is 14.1. The minimum absolute atomic E-state index is 0.117. The molecule has 0 aliphatic carbocycles. The van der Waals surface area contributed by atoms with Crippen molar-refractivity contribution in [1.82, 2.24) is 4.90 Å². The maximum Gasteiger partial charge on any atom is 0.322 e. The third-order valence-corrected chi connectivity index (χ3v) is 4.54. The molecule has 0 bridgehead atoms. The summed E-state index contributed by atoms with van der Waals surface area (Å²) in [5.41, 5.74) is 2.75. The third kappa shape index (κ3) is 3.18. The van der Waals surface area contributed by atoms with E-state index >= 15 is 0 Å². The van der Waals surface area contributed by atoms with Gasteiger partial charge in [0.2, 0.25) is 0 Å². The smallest absolute Gasteiger partial charge is 0.322 e. The van der Waals surface area contributed by atoms with Crippen molar-refractivity contribution in [3.8, 4) is 5.75 Å². The standard InChI is InChI=1S/C18H19ClN2O3/c1-24-17-7-6-13(10-15(17)19)20-18(23)21-9-8-12-4-2-3-5-14(12)16(21)11-22/h2-7,10,16,22H,8-9,11H2,1H3,(H,20,23). The second-order valence-corrected chi connectivity index (χ2v) is 6.03. The zero-order chi connectivity index (χ0) is 17.1. The molecule has 1 heterocycles. The van der Waals surface area contributed by atoms with Gasteiger partial charge in [-0.1, -0.05) is 35.9 Å². The highest BCUT2D eigenvalue weighted by molar-refractivity contribution is 6.32. The summed E-state index contributed by atoms with van der Waals surface area (Å²) >= 11 is 6.09. The largest absolute Gasteiger partial charge is 0.495 e. The van der Waals surface area contributed by atoms with E-state index in [1.165, 1.54) is 12.7 Å². The summed E-state index contributed by atoms with van der Waals surface area (Å²) in [6.07, 6.45) is 0.767. The Morgan fingerprint density at radius 2 is 2.17 bits per heavy atom. The number of urea groups is 1. The van der Waals surface area contributed by atoms with E-state index in [1.54, 1.807) is 23.1 Å². The Morgan fingerprint density at radius 1 is 1.38 bits per heavy atom. The van der Waals surface area contributed by atoms with E-state index in [2.05, 4.69) is 5.32 Å². The number of ether oxygens (including phenoxy) is 1. The highest BCUT2D eigenvalue weighted by Crippen LogP contribution is 2.31. The van der Waals surface area contributed by atoms with Crippen LogP contribution in [0, 0.1) is 0 Å². The summed E-state index contributed by atoms with van der Waals surface area (Å²) in [6, 6.07) is 12.4. The van der Waals surface area contributed by atoms with Gasteiger partial charge in [-0.2, -0.15) is 0 Å². The number of methoxy groups -OCH3 is 1. The number of halogens is 1. The summed E-state index contributed by atoms with van der Waals surface area (Å²) in [5.74, 6) is 0.551. The topological polar surface area (TPSA) is 61.8 Å². The van der Waals surface area contributed by atoms with Crippen LogP contribution in [0.5, 0.6) is 5.75 Å². The number of fused-ring (bicyclic) bond motifs is 1. The number of aliphatic hydroxyl groups is 1. The van der Waals surface area contributed by atoms with Gasteiger partial charge < -0.3 is 20.1 Å². The predicted octanol–water partition coefficient (Wildman–Crippen LogP) is 3.47. The molecule has 0 spiro atoms. The Morgan fingerprint density at radius 3 is 2.88 bits per heavy atom. The fraction of sp³-hybridized carbons (Fsp3) is 0.278. The molecule has 5 nitrogen and oxygen atoms in total. The Bertz CT molecular complexity index is 751. The number of benzene rings is 2. The van der Waals surface area contributed by atoms with Gasteiger partial charge in [0, 0.05) is 12.2 Å². The lowest BCUT2D eigenvalue weighted by atomic mass is 9.93. The van der Waals surface area contributed by atoms with Crippen LogP contribution in [0.4, 0.5) is 10.5 Å². The number of amides is 2. The number of rotatable bonds is 3. The fourth-order valence-corrected chi connectivity index (χ4v) is 3.29. The molecule has 0 fully saturated rings. The van der Waals surface area contributed by atoms with Crippen LogP contribution < -0.4 is 10.1 Å². The summed E-state index contributed by atoms with van der Waals surface area (Å²) in [4.78, 5) is 14.3. The van der Waals surface area contributed by atoms with Gasteiger partial charge in [0.15, 0.2) is 0 Å². The number of nitrogens with one attached hydrogen (secondary N) is 1. The van der Waals surface area contributed by atoms with Crippen LogP contribution in [0.25, 0.3) is 0 Å². The molecule has 0 saturated heterocycles. The van der Waals surface area contributed by atoms with Crippen LogP contribution in [0.3, 0.4) is 0 Å². The summed E-state index contributed by atoms with van der Waals surface area (Å²) in [6.45, 7) is 0.436. The van der Waals surface area contributed by atoms with Crippen LogP contribution in [0.2, 0.25) is 5.02 Å². The van der Waals surface area contributed by atoms with Crippen LogP contribution >= 0.6 is 11.6 Å². The Balaban J connectivity index is 1.79. The molecule has 1 aliphatic rings. The van der Waals surface area contributed by atoms with Crippen molar-refractivity contribution in [2.75, 3.05) is 25.6 Å². The quantitative estimate of drug-likeness (QED) is 0.894. The Kier molecular flexibility index (Phi) is 4.92.